The Morgan fingerprint density at radius 3 is 2.57 bits per heavy atom. The number of hydrogen-bond donors (Lipinski definition) is 2. The number of hydrogen-bond acceptors (Lipinski definition) is 4. The van der Waals surface area contributed by atoms with Crippen LogP contribution < -0.4 is 11.1 Å². The van der Waals surface area contributed by atoms with Crippen molar-refractivity contribution in [2.75, 3.05) is 11.1 Å². The van der Waals surface area contributed by atoms with Gasteiger partial charge in [-0.25, -0.2) is 0 Å². The fourth-order valence-corrected chi connectivity index (χ4v) is 2.28. The van der Waals surface area contributed by atoms with Gasteiger partial charge in [-0.05, 0) is 42.8 Å². The normalized spacial score (nSPS) is 10.5. The molecule has 0 atom stereocenters. The van der Waals surface area contributed by atoms with Crippen LogP contribution in [0.1, 0.15) is 16.1 Å². The Bertz CT molecular complexity index is 857. The van der Waals surface area contributed by atoms with Crippen molar-refractivity contribution in [1.82, 2.24) is 15.0 Å². The molecular formula is C16H14ClN5O. The van der Waals surface area contributed by atoms with Crippen molar-refractivity contribution in [3.8, 4) is 5.69 Å². The van der Waals surface area contributed by atoms with Gasteiger partial charge in [0.05, 0.1) is 5.69 Å². The highest BCUT2D eigenvalue weighted by Crippen LogP contribution is 2.20. The molecule has 23 heavy (non-hydrogen) atoms. The van der Waals surface area contributed by atoms with Crippen LogP contribution in [0.5, 0.6) is 0 Å². The molecular weight excluding hydrogens is 314 g/mol. The summed E-state index contributed by atoms with van der Waals surface area (Å²) in [6.45, 7) is 1.93. The summed E-state index contributed by atoms with van der Waals surface area (Å²) in [6, 6.07) is 14.3. The first-order valence-electron chi connectivity index (χ1n) is 6.90. The van der Waals surface area contributed by atoms with Crippen LogP contribution >= 0.6 is 11.6 Å². The molecule has 0 fully saturated rings. The maximum atomic E-state index is 12.3. The summed E-state index contributed by atoms with van der Waals surface area (Å²) in [5, 5.41) is 11.2. The second-order valence-electron chi connectivity index (χ2n) is 4.98. The Morgan fingerprint density at radius 1 is 1.17 bits per heavy atom. The highest BCUT2D eigenvalue weighted by molar-refractivity contribution is 6.30. The lowest BCUT2D eigenvalue weighted by atomic mass is 10.2. The summed E-state index contributed by atoms with van der Waals surface area (Å²) >= 11 is 5.82. The van der Waals surface area contributed by atoms with Gasteiger partial charge >= 0.3 is 0 Å². The van der Waals surface area contributed by atoms with E-state index in [2.05, 4.69) is 15.6 Å². The van der Waals surface area contributed by atoms with E-state index in [-0.39, 0.29) is 11.5 Å². The molecule has 0 aliphatic carbocycles. The highest BCUT2D eigenvalue weighted by atomic mass is 35.5. The number of nitrogens with one attached hydrogen (secondary N) is 1. The van der Waals surface area contributed by atoms with Crippen LogP contribution in [0.2, 0.25) is 5.02 Å². The molecule has 3 rings (SSSR count). The van der Waals surface area contributed by atoms with Crippen LogP contribution in [0.3, 0.4) is 0 Å². The van der Waals surface area contributed by atoms with E-state index in [0.29, 0.717) is 10.7 Å². The number of halogens is 1. The van der Waals surface area contributed by atoms with Crippen LogP contribution in [0, 0.1) is 6.92 Å². The number of nitrogens with two attached hydrogens (primary N) is 1. The summed E-state index contributed by atoms with van der Waals surface area (Å²) in [4.78, 5) is 12.3. The molecule has 116 valence electrons. The number of aryl methyl sites for hydroxylation is 1. The largest absolute Gasteiger partial charge is 0.382 e. The molecule has 1 aromatic heterocycles. The van der Waals surface area contributed by atoms with E-state index in [1.165, 1.54) is 4.68 Å². The molecule has 0 radical (unpaired) electrons. The maximum absolute atomic E-state index is 12.3. The third kappa shape index (κ3) is 3.02. The second kappa shape index (κ2) is 6.10. The third-order valence-electron chi connectivity index (χ3n) is 3.37. The lowest BCUT2D eigenvalue weighted by Crippen LogP contribution is -2.15. The molecule has 0 bridgehead atoms. The number of carbonyl (C=O) groups is 1. The number of nitrogens with zero attached hydrogens (tertiary/aromatic N) is 3. The number of carbonyl (C=O) groups excluding carboxylic acids is 1. The molecule has 0 saturated carbocycles. The molecule has 0 aliphatic rings. The van der Waals surface area contributed by atoms with Crippen molar-refractivity contribution < 1.29 is 4.79 Å². The van der Waals surface area contributed by atoms with Crippen LogP contribution in [0.4, 0.5) is 11.5 Å². The summed E-state index contributed by atoms with van der Waals surface area (Å²) in [5.41, 5.74) is 8.47. The van der Waals surface area contributed by atoms with Gasteiger partial charge in [-0.1, -0.05) is 35.0 Å². The van der Waals surface area contributed by atoms with Gasteiger partial charge in [0.2, 0.25) is 0 Å². The van der Waals surface area contributed by atoms with Gasteiger partial charge in [0, 0.05) is 10.7 Å². The average molecular weight is 328 g/mol. The second-order valence-corrected chi connectivity index (χ2v) is 5.42. The number of para-hydroxylation sites is 1. The first-order chi connectivity index (χ1) is 11.1. The Kier molecular flexibility index (Phi) is 3.99. The van der Waals surface area contributed by atoms with E-state index in [0.717, 1.165) is 11.3 Å². The molecule has 6 nitrogen and oxygen atoms in total. The van der Waals surface area contributed by atoms with Gasteiger partial charge in [0.25, 0.3) is 5.91 Å². The third-order valence-corrected chi connectivity index (χ3v) is 3.62. The summed E-state index contributed by atoms with van der Waals surface area (Å²) in [7, 11) is 0. The highest BCUT2D eigenvalue weighted by Gasteiger charge is 2.19. The summed E-state index contributed by atoms with van der Waals surface area (Å²) in [5.74, 6) is -0.240. The number of rotatable bonds is 3. The number of amides is 1. The first-order valence-corrected chi connectivity index (χ1v) is 7.28. The molecule has 0 aliphatic heterocycles. The molecule has 2 aromatic carbocycles. The summed E-state index contributed by atoms with van der Waals surface area (Å²) in [6.07, 6.45) is 0. The Balaban J connectivity index is 1.88. The van der Waals surface area contributed by atoms with Gasteiger partial charge in [-0.15, -0.1) is 5.10 Å². The van der Waals surface area contributed by atoms with Crippen molar-refractivity contribution in [2.24, 2.45) is 0 Å². The van der Waals surface area contributed by atoms with Gasteiger partial charge in [-0.3, -0.25) is 4.79 Å². The fraction of sp³-hybridized carbons (Fsp3) is 0.0625. The Morgan fingerprint density at radius 2 is 1.87 bits per heavy atom. The molecule has 1 heterocycles. The average Bonchev–Trinajstić information content (AvgIpc) is 2.92. The van der Waals surface area contributed by atoms with Crippen molar-refractivity contribution in [2.45, 2.75) is 6.92 Å². The van der Waals surface area contributed by atoms with Crippen molar-refractivity contribution in [3.63, 3.8) is 0 Å². The Labute approximate surface area is 137 Å². The zero-order valence-corrected chi connectivity index (χ0v) is 13.1. The lowest BCUT2D eigenvalue weighted by Gasteiger charge is -2.07. The van der Waals surface area contributed by atoms with E-state index in [4.69, 9.17) is 17.3 Å². The molecule has 7 heteroatoms. The van der Waals surface area contributed by atoms with Gasteiger partial charge in [-0.2, -0.15) is 4.68 Å². The van der Waals surface area contributed by atoms with Crippen LogP contribution in [0.15, 0.2) is 48.5 Å². The quantitative estimate of drug-likeness (QED) is 0.774. The van der Waals surface area contributed by atoms with Crippen molar-refractivity contribution >= 4 is 29.0 Å². The molecule has 1 amide bonds. The predicted octanol–water partition coefficient (Wildman–Crippen LogP) is 3.06. The van der Waals surface area contributed by atoms with Crippen LogP contribution in [-0.2, 0) is 0 Å². The maximum Gasteiger partial charge on any atom is 0.280 e. The number of benzene rings is 2. The standard InChI is InChI=1S/C16H14ClN5O/c1-10-4-2-3-5-13(10)22-15(18)14(20-21-22)16(23)19-12-8-6-11(17)7-9-12/h2-9H,18H2,1H3,(H,19,23). The molecule has 3 aromatic rings. The first kappa shape index (κ1) is 15.1. The van der Waals surface area contributed by atoms with Gasteiger partial charge < -0.3 is 11.1 Å². The number of aromatic nitrogens is 3. The molecule has 0 unspecified atom stereocenters. The number of anilines is 2. The predicted molar refractivity (Wildman–Crippen MR) is 89.9 cm³/mol. The van der Waals surface area contributed by atoms with E-state index in [1.54, 1.807) is 24.3 Å². The Hall–Kier alpha value is -2.86. The van der Waals surface area contributed by atoms with E-state index < -0.39 is 5.91 Å². The topological polar surface area (TPSA) is 85.8 Å². The fourth-order valence-electron chi connectivity index (χ4n) is 2.15. The number of nitrogen functional groups attached to an aromatic ring is 1. The van der Waals surface area contributed by atoms with Crippen molar-refractivity contribution in [3.05, 3.63) is 64.8 Å². The van der Waals surface area contributed by atoms with Gasteiger partial charge in [0.1, 0.15) is 0 Å². The minimum absolute atomic E-state index is 0.0724. The molecule has 3 N–H and O–H groups in total. The lowest BCUT2D eigenvalue weighted by molar-refractivity contribution is 0.102. The molecule has 0 saturated heterocycles. The smallest absolute Gasteiger partial charge is 0.280 e. The van der Waals surface area contributed by atoms with Gasteiger partial charge in [0.15, 0.2) is 11.5 Å². The van der Waals surface area contributed by atoms with Crippen molar-refractivity contribution in [1.29, 1.82) is 0 Å². The van der Waals surface area contributed by atoms with Crippen LogP contribution in [-0.4, -0.2) is 20.9 Å². The SMILES string of the molecule is Cc1ccccc1-n1nnc(C(=O)Nc2ccc(Cl)cc2)c1N. The minimum atomic E-state index is -0.426. The summed E-state index contributed by atoms with van der Waals surface area (Å²) < 4.78 is 1.45. The monoisotopic (exact) mass is 327 g/mol. The van der Waals surface area contributed by atoms with E-state index >= 15 is 0 Å². The van der Waals surface area contributed by atoms with E-state index in [1.807, 2.05) is 31.2 Å². The van der Waals surface area contributed by atoms with E-state index in [9.17, 15) is 4.79 Å². The minimum Gasteiger partial charge on any atom is -0.382 e. The van der Waals surface area contributed by atoms with Crippen LogP contribution in [0.25, 0.3) is 5.69 Å². The zero-order chi connectivity index (χ0) is 16.4. The molecule has 0 spiro atoms. The zero-order valence-electron chi connectivity index (χ0n) is 12.3.